The van der Waals surface area contributed by atoms with Gasteiger partial charge in [-0.3, -0.25) is 0 Å². The summed E-state index contributed by atoms with van der Waals surface area (Å²) >= 11 is 1.75. The van der Waals surface area contributed by atoms with Crippen molar-refractivity contribution in [3.8, 4) is 11.5 Å². The summed E-state index contributed by atoms with van der Waals surface area (Å²) in [5, 5.41) is 6.65. The first-order chi connectivity index (χ1) is 8.30. The molecule has 0 amide bonds. The van der Waals surface area contributed by atoms with Crippen molar-refractivity contribution < 1.29 is 9.47 Å². The summed E-state index contributed by atoms with van der Waals surface area (Å²) in [5.74, 6) is 1.59. The monoisotopic (exact) mass is 251 g/mol. The Bertz CT molecular complexity index is 507. The van der Waals surface area contributed by atoms with Crippen LogP contribution in [0.25, 0.3) is 10.1 Å². The molecule has 17 heavy (non-hydrogen) atoms. The van der Waals surface area contributed by atoms with Crippen LogP contribution in [0.5, 0.6) is 11.5 Å². The van der Waals surface area contributed by atoms with Gasteiger partial charge in [-0.2, -0.15) is 0 Å². The van der Waals surface area contributed by atoms with Crippen molar-refractivity contribution in [2.75, 3.05) is 27.8 Å². The third-order valence-electron chi connectivity index (χ3n) is 2.80. The Morgan fingerprint density at radius 2 is 1.88 bits per heavy atom. The van der Waals surface area contributed by atoms with Crippen molar-refractivity contribution in [2.24, 2.45) is 0 Å². The summed E-state index contributed by atoms with van der Waals surface area (Å²) in [5.41, 5.74) is 1.36. The molecule has 0 aliphatic heterocycles. The molecule has 0 saturated heterocycles. The Kier molecular flexibility index (Phi) is 3.86. The Morgan fingerprint density at radius 1 is 1.18 bits per heavy atom. The van der Waals surface area contributed by atoms with Crippen LogP contribution in [0.3, 0.4) is 0 Å². The van der Waals surface area contributed by atoms with E-state index in [1.165, 1.54) is 15.6 Å². The summed E-state index contributed by atoms with van der Waals surface area (Å²) in [6.45, 7) is 0.986. The van der Waals surface area contributed by atoms with Gasteiger partial charge >= 0.3 is 0 Å². The van der Waals surface area contributed by atoms with E-state index in [1.54, 1.807) is 25.6 Å². The van der Waals surface area contributed by atoms with E-state index < -0.39 is 0 Å². The summed E-state index contributed by atoms with van der Waals surface area (Å²) < 4.78 is 11.9. The van der Waals surface area contributed by atoms with Gasteiger partial charge in [-0.1, -0.05) is 0 Å². The maximum Gasteiger partial charge on any atom is 0.162 e. The SMILES string of the molecule is CNCCc1csc2cc(OC)c(OC)cc12. The Hall–Kier alpha value is -1.26. The highest BCUT2D eigenvalue weighted by Gasteiger charge is 2.10. The zero-order chi connectivity index (χ0) is 12.3. The lowest BCUT2D eigenvalue weighted by Gasteiger charge is -2.08. The molecule has 0 unspecified atom stereocenters. The van der Waals surface area contributed by atoms with E-state index in [9.17, 15) is 0 Å². The number of thiophene rings is 1. The van der Waals surface area contributed by atoms with Crippen LogP contribution in [0, 0.1) is 0 Å². The third kappa shape index (κ3) is 2.37. The Labute approximate surface area is 105 Å². The first-order valence-electron chi connectivity index (χ1n) is 5.57. The van der Waals surface area contributed by atoms with Crippen LogP contribution < -0.4 is 14.8 Å². The van der Waals surface area contributed by atoms with Crippen LogP contribution in [-0.2, 0) is 6.42 Å². The molecule has 1 heterocycles. The smallest absolute Gasteiger partial charge is 0.162 e. The molecule has 1 aromatic carbocycles. The van der Waals surface area contributed by atoms with E-state index in [-0.39, 0.29) is 0 Å². The number of fused-ring (bicyclic) bond motifs is 1. The molecule has 0 saturated carbocycles. The number of rotatable bonds is 5. The largest absolute Gasteiger partial charge is 0.493 e. The van der Waals surface area contributed by atoms with Crippen molar-refractivity contribution in [3.63, 3.8) is 0 Å². The normalized spacial score (nSPS) is 10.8. The van der Waals surface area contributed by atoms with Crippen LogP contribution in [0.1, 0.15) is 5.56 Å². The quantitative estimate of drug-likeness (QED) is 0.886. The van der Waals surface area contributed by atoms with Crippen molar-refractivity contribution in [1.29, 1.82) is 0 Å². The zero-order valence-corrected chi connectivity index (χ0v) is 11.2. The van der Waals surface area contributed by atoms with Gasteiger partial charge in [0.25, 0.3) is 0 Å². The second-order valence-corrected chi connectivity index (χ2v) is 4.73. The van der Waals surface area contributed by atoms with Gasteiger partial charge in [0.1, 0.15) is 0 Å². The zero-order valence-electron chi connectivity index (χ0n) is 10.4. The van der Waals surface area contributed by atoms with Crippen LogP contribution in [0.15, 0.2) is 17.5 Å². The van der Waals surface area contributed by atoms with Gasteiger partial charge in [0.05, 0.1) is 14.2 Å². The van der Waals surface area contributed by atoms with Gasteiger partial charge in [-0.25, -0.2) is 0 Å². The molecule has 1 aromatic heterocycles. The molecule has 0 bridgehead atoms. The number of hydrogen-bond donors (Lipinski definition) is 1. The van der Waals surface area contributed by atoms with Crippen molar-refractivity contribution in [2.45, 2.75) is 6.42 Å². The molecule has 0 radical (unpaired) electrons. The molecule has 0 aliphatic rings. The number of methoxy groups -OCH3 is 2. The summed E-state index contributed by atoms with van der Waals surface area (Å²) in [6, 6.07) is 4.11. The second kappa shape index (κ2) is 5.38. The fourth-order valence-corrected chi connectivity index (χ4v) is 2.87. The standard InChI is InChI=1S/C13H17NO2S/c1-14-5-4-9-8-17-13-7-12(16-3)11(15-2)6-10(9)13/h6-8,14H,4-5H2,1-3H3. The predicted octanol–water partition coefficient (Wildman–Crippen LogP) is 2.68. The summed E-state index contributed by atoms with van der Waals surface area (Å²) in [6.07, 6.45) is 1.03. The summed E-state index contributed by atoms with van der Waals surface area (Å²) in [4.78, 5) is 0. The van der Waals surface area contributed by atoms with Crippen LogP contribution in [-0.4, -0.2) is 27.8 Å². The molecule has 3 nitrogen and oxygen atoms in total. The van der Waals surface area contributed by atoms with E-state index in [1.807, 2.05) is 13.1 Å². The van der Waals surface area contributed by atoms with Gasteiger partial charge in [0.15, 0.2) is 11.5 Å². The van der Waals surface area contributed by atoms with Crippen molar-refractivity contribution in [1.82, 2.24) is 5.32 Å². The van der Waals surface area contributed by atoms with Gasteiger partial charge in [0.2, 0.25) is 0 Å². The molecule has 2 aromatic rings. The molecule has 0 fully saturated rings. The van der Waals surface area contributed by atoms with Crippen LogP contribution >= 0.6 is 11.3 Å². The molecule has 92 valence electrons. The van der Waals surface area contributed by atoms with Gasteiger partial charge in [0, 0.05) is 10.8 Å². The van der Waals surface area contributed by atoms with E-state index in [0.717, 1.165) is 24.5 Å². The average Bonchev–Trinajstić information content (AvgIpc) is 2.76. The fraction of sp³-hybridized carbons (Fsp3) is 0.385. The van der Waals surface area contributed by atoms with Crippen LogP contribution in [0.4, 0.5) is 0 Å². The summed E-state index contributed by atoms with van der Waals surface area (Å²) in [7, 11) is 5.31. The average molecular weight is 251 g/mol. The molecule has 2 rings (SSSR count). The van der Waals surface area contributed by atoms with E-state index in [0.29, 0.717) is 0 Å². The topological polar surface area (TPSA) is 30.5 Å². The first kappa shape index (κ1) is 12.2. The minimum absolute atomic E-state index is 0.794. The molecular weight excluding hydrogens is 234 g/mol. The van der Waals surface area contributed by atoms with Crippen LogP contribution in [0.2, 0.25) is 0 Å². The number of likely N-dealkylation sites (N-methyl/N-ethyl adjacent to an activating group) is 1. The predicted molar refractivity (Wildman–Crippen MR) is 72.6 cm³/mol. The second-order valence-electron chi connectivity index (χ2n) is 3.82. The highest BCUT2D eigenvalue weighted by Crippen LogP contribution is 2.36. The highest BCUT2D eigenvalue weighted by molar-refractivity contribution is 7.17. The van der Waals surface area contributed by atoms with Gasteiger partial charge < -0.3 is 14.8 Å². The van der Waals surface area contributed by atoms with E-state index in [2.05, 4.69) is 16.8 Å². The third-order valence-corrected chi connectivity index (χ3v) is 3.80. The molecule has 4 heteroatoms. The van der Waals surface area contributed by atoms with Crippen molar-refractivity contribution >= 4 is 21.4 Å². The van der Waals surface area contributed by atoms with Crippen molar-refractivity contribution in [3.05, 3.63) is 23.1 Å². The lowest BCUT2D eigenvalue weighted by atomic mass is 10.1. The maximum atomic E-state index is 5.34. The number of benzene rings is 1. The minimum atomic E-state index is 0.794. The Balaban J connectivity index is 2.45. The van der Waals surface area contributed by atoms with E-state index in [4.69, 9.17) is 9.47 Å². The Morgan fingerprint density at radius 3 is 2.53 bits per heavy atom. The van der Waals surface area contributed by atoms with E-state index >= 15 is 0 Å². The maximum absolute atomic E-state index is 5.34. The molecule has 0 spiro atoms. The number of hydrogen-bond acceptors (Lipinski definition) is 4. The molecular formula is C13H17NO2S. The molecule has 1 N–H and O–H groups in total. The molecule has 0 aliphatic carbocycles. The highest BCUT2D eigenvalue weighted by atomic mass is 32.1. The lowest BCUT2D eigenvalue weighted by Crippen LogP contribution is -2.09. The number of nitrogens with one attached hydrogen (secondary N) is 1. The minimum Gasteiger partial charge on any atom is -0.493 e. The fourth-order valence-electron chi connectivity index (χ4n) is 1.86. The first-order valence-corrected chi connectivity index (χ1v) is 6.44. The van der Waals surface area contributed by atoms with Gasteiger partial charge in [-0.05, 0) is 42.4 Å². The lowest BCUT2D eigenvalue weighted by molar-refractivity contribution is 0.356. The molecule has 0 atom stereocenters. The van der Waals surface area contributed by atoms with Gasteiger partial charge in [-0.15, -0.1) is 11.3 Å². The number of ether oxygens (including phenoxy) is 2.